The molecule has 1 heterocycles. The Labute approximate surface area is 186 Å². The number of nitrogens with zero attached hydrogens (tertiary/aromatic N) is 1. The fourth-order valence-corrected chi connectivity index (χ4v) is 4.99. The van der Waals surface area contributed by atoms with Crippen molar-refractivity contribution in [3.8, 4) is 5.75 Å². The van der Waals surface area contributed by atoms with Gasteiger partial charge in [0.25, 0.3) is 15.9 Å². The van der Waals surface area contributed by atoms with Crippen molar-refractivity contribution >= 4 is 38.9 Å². The second-order valence-corrected chi connectivity index (χ2v) is 9.67. The summed E-state index contributed by atoms with van der Waals surface area (Å²) < 4.78 is 33.9. The van der Waals surface area contributed by atoms with Crippen LogP contribution in [-0.4, -0.2) is 27.0 Å². The van der Waals surface area contributed by atoms with Crippen molar-refractivity contribution in [2.75, 3.05) is 16.2 Å². The number of halogens is 1. The number of hydrogen-bond donors (Lipinski definition) is 1. The van der Waals surface area contributed by atoms with E-state index in [1.54, 1.807) is 42.5 Å². The van der Waals surface area contributed by atoms with E-state index < -0.39 is 22.0 Å². The van der Waals surface area contributed by atoms with Crippen molar-refractivity contribution < 1.29 is 17.9 Å². The number of nitrogens with one attached hydrogen (secondary N) is 1. The number of fused-ring (bicyclic) bond motifs is 1. The van der Waals surface area contributed by atoms with E-state index in [2.05, 4.69) is 5.32 Å². The molecule has 31 heavy (non-hydrogen) atoms. The van der Waals surface area contributed by atoms with Gasteiger partial charge in [0.15, 0.2) is 6.10 Å². The number of ether oxygens (including phenoxy) is 1. The molecule has 3 aromatic rings. The molecule has 0 bridgehead atoms. The summed E-state index contributed by atoms with van der Waals surface area (Å²) in [4.78, 5) is 13.1. The van der Waals surface area contributed by atoms with Crippen molar-refractivity contribution in [2.24, 2.45) is 0 Å². The first kappa shape index (κ1) is 21.2. The molecule has 1 atom stereocenters. The molecule has 160 valence electrons. The fourth-order valence-electron chi connectivity index (χ4n) is 3.35. The molecule has 0 saturated carbocycles. The normalized spacial score (nSPS) is 15.7. The predicted octanol–water partition coefficient (Wildman–Crippen LogP) is 4.55. The lowest BCUT2D eigenvalue weighted by atomic mass is 10.2. The van der Waals surface area contributed by atoms with Crippen LogP contribution >= 0.6 is 11.6 Å². The average molecular weight is 457 g/mol. The molecule has 3 aromatic carbocycles. The molecule has 0 spiro atoms. The van der Waals surface area contributed by atoms with Gasteiger partial charge in [0, 0.05) is 10.7 Å². The summed E-state index contributed by atoms with van der Waals surface area (Å²) in [7, 11) is -3.94. The van der Waals surface area contributed by atoms with Gasteiger partial charge in [0.1, 0.15) is 5.75 Å². The zero-order valence-electron chi connectivity index (χ0n) is 17.0. The van der Waals surface area contributed by atoms with Gasteiger partial charge in [-0.3, -0.25) is 9.10 Å². The van der Waals surface area contributed by atoms with Crippen LogP contribution in [0, 0.1) is 13.8 Å². The molecule has 1 amide bonds. The monoisotopic (exact) mass is 456 g/mol. The van der Waals surface area contributed by atoms with Crippen molar-refractivity contribution in [1.29, 1.82) is 0 Å². The van der Waals surface area contributed by atoms with Crippen molar-refractivity contribution in [3.05, 3.63) is 82.9 Å². The Morgan fingerprint density at radius 3 is 2.48 bits per heavy atom. The van der Waals surface area contributed by atoms with Crippen LogP contribution in [0.25, 0.3) is 0 Å². The maximum atomic E-state index is 13.4. The maximum Gasteiger partial charge on any atom is 0.267 e. The average Bonchev–Trinajstić information content (AvgIpc) is 2.74. The van der Waals surface area contributed by atoms with Crippen LogP contribution in [0.3, 0.4) is 0 Å². The van der Waals surface area contributed by atoms with Crippen molar-refractivity contribution in [1.82, 2.24) is 0 Å². The summed E-state index contributed by atoms with van der Waals surface area (Å²) in [5.41, 5.74) is 2.78. The highest BCUT2D eigenvalue weighted by atomic mass is 35.5. The summed E-state index contributed by atoms with van der Waals surface area (Å²) in [6, 6.07) is 18.6. The number of carbonyl (C=O) groups excluding carboxylic acids is 1. The van der Waals surface area contributed by atoms with Gasteiger partial charge >= 0.3 is 0 Å². The zero-order chi connectivity index (χ0) is 22.2. The van der Waals surface area contributed by atoms with Gasteiger partial charge in [0.2, 0.25) is 0 Å². The minimum absolute atomic E-state index is 0.129. The first-order valence-corrected chi connectivity index (χ1v) is 11.5. The van der Waals surface area contributed by atoms with Crippen LogP contribution in [0.5, 0.6) is 5.75 Å². The molecule has 1 N–H and O–H groups in total. The third-order valence-electron chi connectivity index (χ3n) is 5.09. The van der Waals surface area contributed by atoms with E-state index in [9.17, 15) is 13.2 Å². The highest BCUT2D eigenvalue weighted by Crippen LogP contribution is 2.39. The van der Waals surface area contributed by atoms with E-state index in [-0.39, 0.29) is 17.2 Å². The molecule has 0 fully saturated rings. The molecule has 0 radical (unpaired) electrons. The summed E-state index contributed by atoms with van der Waals surface area (Å²) in [5, 5.41) is 3.20. The Balaban J connectivity index is 1.71. The number of amides is 1. The predicted molar refractivity (Wildman–Crippen MR) is 121 cm³/mol. The van der Waals surface area contributed by atoms with Crippen LogP contribution in [0.4, 0.5) is 11.4 Å². The van der Waals surface area contributed by atoms with E-state index in [1.807, 2.05) is 32.0 Å². The molecule has 1 unspecified atom stereocenters. The lowest BCUT2D eigenvalue weighted by molar-refractivity contribution is -0.122. The Kier molecular flexibility index (Phi) is 5.64. The van der Waals surface area contributed by atoms with Gasteiger partial charge in [0.05, 0.1) is 17.1 Å². The Morgan fingerprint density at radius 1 is 1.06 bits per heavy atom. The SMILES string of the molecule is Cc1ccc(S(=O)(=O)N2CC(C(=O)Nc3ccccc3C)Oc3ccc(Cl)cc32)cc1. The Hall–Kier alpha value is -3.03. The van der Waals surface area contributed by atoms with Gasteiger partial charge in [-0.25, -0.2) is 8.42 Å². The molecule has 0 aliphatic carbocycles. The molecule has 6 nitrogen and oxygen atoms in total. The van der Waals surface area contributed by atoms with E-state index in [4.69, 9.17) is 16.3 Å². The standard InChI is InChI=1S/C23H21ClN2O4S/c1-15-7-10-18(11-8-15)31(28,29)26-14-22(30-21-12-9-17(24)13-20(21)26)23(27)25-19-6-4-3-5-16(19)2/h3-13,22H,14H2,1-2H3,(H,25,27). The summed E-state index contributed by atoms with van der Waals surface area (Å²) in [6.45, 7) is 3.58. The molecular formula is C23H21ClN2O4S. The fraction of sp³-hybridized carbons (Fsp3) is 0.174. The van der Waals surface area contributed by atoms with Crippen LogP contribution < -0.4 is 14.4 Å². The largest absolute Gasteiger partial charge is 0.476 e. The third kappa shape index (κ3) is 4.24. The van der Waals surface area contributed by atoms with Gasteiger partial charge in [-0.15, -0.1) is 0 Å². The summed E-state index contributed by atoms with van der Waals surface area (Å²) >= 11 is 6.13. The molecule has 4 rings (SSSR count). The van der Waals surface area contributed by atoms with Crippen LogP contribution in [-0.2, 0) is 14.8 Å². The maximum absolute atomic E-state index is 13.4. The number of anilines is 2. The molecule has 0 aromatic heterocycles. The Bertz CT molecular complexity index is 1240. The number of aryl methyl sites for hydroxylation is 2. The highest BCUT2D eigenvalue weighted by Gasteiger charge is 2.37. The van der Waals surface area contributed by atoms with Crippen molar-refractivity contribution in [2.45, 2.75) is 24.8 Å². The van der Waals surface area contributed by atoms with E-state index in [0.717, 1.165) is 11.1 Å². The lowest BCUT2D eigenvalue weighted by Crippen LogP contribution is -2.48. The molecule has 8 heteroatoms. The zero-order valence-corrected chi connectivity index (χ0v) is 18.6. The number of benzene rings is 3. The number of para-hydroxylation sites is 1. The quantitative estimate of drug-likeness (QED) is 0.624. The first-order chi connectivity index (χ1) is 14.8. The molecule has 1 aliphatic rings. The topological polar surface area (TPSA) is 75.7 Å². The minimum Gasteiger partial charge on any atom is -0.476 e. The second kappa shape index (κ2) is 8.24. The van der Waals surface area contributed by atoms with E-state index >= 15 is 0 Å². The number of rotatable bonds is 4. The molecule has 0 saturated heterocycles. The Morgan fingerprint density at radius 2 is 1.77 bits per heavy atom. The van der Waals surface area contributed by atoms with Gasteiger partial charge in [-0.1, -0.05) is 47.5 Å². The van der Waals surface area contributed by atoms with Crippen LogP contribution in [0.15, 0.2) is 71.6 Å². The summed E-state index contributed by atoms with van der Waals surface area (Å²) in [6.07, 6.45) is -1.03. The number of hydrogen-bond acceptors (Lipinski definition) is 4. The van der Waals surface area contributed by atoms with E-state index in [0.29, 0.717) is 16.4 Å². The van der Waals surface area contributed by atoms with Crippen LogP contribution in [0.2, 0.25) is 5.02 Å². The van der Waals surface area contributed by atoms with Crippen molar-refractivity contribution in [3.63, 3.8) is 0 Å². The smallest absolute Gasteiger partial charge is 0.267 e. The number of carbonyl (C=O) groups is 1. The molecular weight excluding hydrogens is 436 g/mol. The first-order valence-electron chi connectivity index (χ1n) is 9.68. The second-order valence-electron chi connectivity index (χ2n) is 7.37. The number of sulfonamides is 1. The van der Waals surface area contributed by atoms with Gasteiger partial charge in [-0.2, -0.15) is 0 Å². The summed E-state index contributed by atoms with van der Waals surface area (Å²) in [5.74, 6) is -0.157. The minimum atomic E-state index is -3.94. The third-order valence-corrected chi connectivity index (χ3v) is 7.12. The van der Waals surface area contributed by atoms with Crippen LogP contribution in [0.1, 0.15) is 11.1 Å². The highest BCUT2D eigenvalue weighted by molar-refractivity contribution is 7.92. The van der Waals surface area contributed by atoms with E-state index in [1.165, 1.54) is 10.4 Å². The van der Waals surface area contributed by atoms with Gasteiger partial charge < -0.3 is 10.1 Å². The van der Waals surface area contributed by atoms with Gasteiger partial charge in [-0.05, 0) is 55.8 Å². The lowest BCUT2D eigenvalue weighted by Gasteiger charge is -2.35. The molecule has 1 aliphatic heterocycles.